The fourth-order valence-electron chi connectivity index (χ4n) is 3.43. The molecule has 0 aromatic heterocycles. The van der Waals surface area contributed by atoms with Crippen molar-refractivity contribution in [3.8, 4) is 0 Å². The molecule has 2 saturated heterocycles. The molecule has 2 heterocycles. The van der Waals surface area contributed by atoms with Gasteiger partial charge in [0.15, 0.2) is 0 Å². The molecular weight excluding hydrogens is 264 g/mol. The molecule has 2 N–H and O–H groups in total. The van der Waals surface area contributed by atoms with Crippen LogP contribution < -0.4 is 5.32 Å². The highest BCUT2D eigenvalue weighted by Crippen LogP contribution is 2.39. The monoisotopic (exact) mass is 284 g/mol. The lowest BCUT2D eigenvalue weighted by Crippen LogP contribution is -2.48. The van der Waals surface area contributed by atoms with Crippen molar-refractivity contribution >= 4 is 18.0 Å². The SMILES string of the molecule is COC(=O)NC(=O)CN1C2CCC1CC(CC(=O)O)C2. The van der Waals surface area contributed by atoms with E-state index in [-0.39, 0.29) is 36.9 Å². The summed E-state index contributed by atoms with van der Waals surface area (Å²) in [5.74, 6) is -0.929. The van der Waals surface area contributed by atoms with Crippen molar-refractivity contribution in [3.63, 3.8) is 0 Å². The number of nitrogens with one attached hydrogen (secondary N) is 1. The number of methoxy groups -OCH3 is 1. The van der Waals surface area contributed by atoms with Gasteiger partial charge in [0.25, 0.3) is 0 Å². The second-order valence-electron chi connectivity index (χ2n) is 5.53. The number of carboxylic acid groups (broad SMARTS) is 1. The minimum Gasteiger partial charge on any atom is -0.481 e. The summed E-state index contributed by atoms with van der Waals surface area (Å²) >= 11 is 0. The third-order valence-corrected chi connectivity index (χ3v) is 4.20. The first-order valence-electron chi connectivity index (χ1n) is 6.85. The number of amides is 2. The second kappa shape index (κ2) is 6.21. The molecule has 0 aromatic rings. The van der Waals surface area contributed by atoms with Crippen LogP contribution in [0, 0.1) is 5.92 Å². The number of alkyl carbamates (subject to hydrolysis) is 1. The van der Waals surface area contributed by atoms with Crippen molar-refractivity contribution < 1.29 is 24.2 Å². The van der Waals surface area contributed by atoms with Crippen molar-refractivity contribution in [2.75, 3.05) is 13.7 Å². The van der Waals surface area contributed by atoms with Crippen LogP contribution in [0.1, 0.15) is 32.1 Å². The molecule has 0 spiro atoms. The summed E-state index contributed by atoms with van der Waals surface area (Å²) in [7, 11) is 1.21. The topological polar surface area (TPSA) is 95.9 Å². The van der Waals surface area contributed by atoms with Crippen molar-refractivity contribution in [2.24, 2.45) is 5.92 Å². The highest BCUT2D eigenvalue weighted by molar-refractivity contribution is 5.92. The number of fused-ring (bicyclic) bond motifs is 2. The summed E-state index contributed by atoms with van der Waals surface area (Å²) in [6, 6.07) is 0.503. The van der Waals surface area contributed by atoms with E-state index >= 15 is 0 Å². The number of piperidine rings is 1. The maximum absolute atomic E-state index is 11.7. The molecule has 112 valence electrons. The molecule has 20 heavy (non-hydrogen) atoms. The van der Waals surface area contributed by atoms with Gasteiger partial charge in [0.05, 0.1) is 13.7 Å². The zero-order valence-corrected chi connectivity index (χ0v) is 11.5. The number of rotatable bonds is 4. The lowest BCUT2D eigenvalue weighted by molar-refractivity contribution is -0.139. The number of hydrogen-bond acceptors (Lipinski definition) is 5. The van der Waals surface area contributed by atoms with E-state index in [0.29, 0.717) is 0 Å². The van der Waals surface area contributed by atoms with E-state index in [9.17, 15) is 14.4 Å². The summed E-state index contributed by atoms with van der Waals surface area (Å²) in [4.78, 5) is 35.6. The Kier molecular flexibility index (Phi) is 4.59. The Labute approximate surface area is 117 Å². The average molecular weight is 284 g/mol. The van der Waals surface area contributed by atoms with Crippen molar-refractivity contribution in [1.29, 1.82) is 0 Å². The van der Waals surface area contributed by atoms with Crippen LogP contribution in [0.4, 0.5) is 4.79 Å². The Balaban J connectivity index is 1.87. The fourth-order valence-corrected chi connectivity index (χ4v) is 3.43. The number of nitrogens with zero attached hydrogens (tertiary/aromatic N) is 1. The van der Waals surface area contributed by atoms with Gasteiger partial charge >= 0.3 is 12.1 Å². The van der Waals surface area contributed by atoms with Crippen LogP contribution in [0.5, 0.6) is 0 Å². The van der Waals surface area contributed by atoms with Gasteiger partial charge in [-0.15, -0.1) is 0 Å². The summed E-state index contributed by atoms with van der Waals surface area (Å²) in [5, 5.41) is 11.0. The smallest absolute Gasteiger partial charge is 0.413 e. The van der Waals surface area contributed by atoms with Gasteiger partial charge in [0.2, 0.25) is 5.91 Å². The molecule has 2 bridgehead atoms. The Bertz CT molecular complexity index is 398. The summed E-state index contributed by atoms with van der Waals surface area (Å²) < 4.78 is 4.39. The number of aliphatic carboxylic acids is 1. The predicted molar refractivity (Wildman–Crippen MR) is 69.0 cm³/mol. The molecular formula is C13H20N2O5. The van der Waals surface area contributed by atoms with E-state index in [4.69, 9.17) is 5.11 Å². The van der Waals surface area contributed by atoms with Crippen LogP contribution in [0.3, 0.4) is 0 Å². The fraction of sp³-hybridized carbons (Fsp3) is 0.769. The van der Waals surface area contributed by atoms with Gasteiger partial charge < -0.3 is 9.84 Å². The van der Waals surface area contributed by atoms with Gasteiger partial charge in [-0.05, 0) is 31.6 Å². The van der Waals surface area contributed by atoms with Crippen LogP contribution in [-0.4, -0.2) is 53.7 Å². The molecule has 7 nitrogen and oxygen atoms in total. The zero-order valence-electron chi connectivity index (χ0n) is 11.5. The molecule has 2 atom stereocenters. The first-order chi connectivity index (χ1) is 9.49. The summed E-state index contributed by atoms with van der Waals surface area (Å²) in [6.07, 6.45) is 3.07. The maximum atomic E-state index is 11.7. The molecule has 0 aliphatic carbocycles. The normalized spacial score (nSPS) is 28.9. The molecule has 2 fully saturated rings. The van der Waals surface area contributed by atoms with Gasteiger partial charge in [-0.3, -0.25) is 19.8 Å². The highest BCUT2D eigenvalue weighted by atomic mass is 16.5. The van der Waals surface area contributed by atoms with Crippen LogP contribution >= 0.6 is 0 Å². The zero-order chi connectivity index (χ0) is 14.7. The van der Waals surface area contributed by atoms with E-state index in [1.54, 1.807) is 0 Å². The summed E-state index contributed by atoms with van der Waals surface area (Å²) in [5.41, 5.74) is 0. The van der Waals surface area contributed by atoms with Crippen LogP contribution in [-0.2, 0) is 14.3 Å². The van der Waals surface area contributed by atoms with Gasteiger partial charge in [-0.2, -0.15) is 0 Å². The molecule has 2 unspecified atom stereocenters. The van der Waals surface area contributed by atoms with Crippen molar-refractivity contribution in [1.82, 2.24) is 10.2 Å². The van der Waals surface area contributed by atoms with Gasteiger partial charge in [0.1, 0.15) is 0 Å². The molecule has 2 aliphatic heterocycles. The van der Waals surface area contributed by atoms with E-state index in [0.717, 1.165) is 25.7 Å². The Morgan fingerprint density at radius 2 is 1.85 bits per heavy atom. The van der Waals surface area contributed by atoms with Crippen LogP contribution in [0.25, 0.3) is 0 Å². The first kappa shape index (κ1) is 14.8. The van der Waals surface area contributed by atoms with Crippen LogP contribution in [0.15, 0.2) is 0 Å². The molecule has 0 saturated carbocycles. The van der Waals surface area contributed by atoms with Gasteiger partial charge in [-0.25, -0.2) is 4.79 Å². The lowest BCUT2D eigenvalue weighted by Gasteiger charge is -2.37. The van der Waals surface area contributed by atoms with E-state index in [2.05, 4.69) is 15.0 Å². The van der Waals surface area contributed by atoms with E-state index in [1.807, 2.05) is 0 Å². The van der Waals surface area contributed by atoms with Crippen LogP contribution in [0.2, 0.25) is 0 Å². The molecule has 0 aromatic carbocycles. The molecule has 2 aliphatic rings. The highest BCUT2D eigenvalue weighted by Gasteiger charge is 2.41. The van der Waals surface area contributed by atoms with E-state index < -0.39 is 12.1 Å². The Morgan fingerprint density at radius 1 is 1.25 bits per heavy atom. The van der Waals surface area contributed by atoms with Crippen molar-refractivity contribution in [3.05, 3.63) is 0 Å². The summed E-state index contributed by atoms with van der Waals surface area (Å²) in [6.45, 7) is 0.171. The number of ether oxygens (including phenoxy) is 1. The minimum absolute atomic E-state index is 0.171. The van der Waals surface area contributed by atoms with Gasteiger partial charge in [0, 0.05) is 18.5 Å². The number of carboxylic acids is 1. The number of imide groups is 1. The standard InChI is InChI=1S/C13H20N2O5/c1-20-13(19)14-11(16)7-15-9-2-3-10(15)5-8(4-9)6-12(17)18/h8-10H,2-7H2,1H3,(H,17,18)(H,14,16,19). The van der Waals surface area contributed by atoms with Gasteiger partial charge in [-0.1, -0.05) is 0 Å². The second-order valence-corrected chi connectivity index (χ2v) is 5.53. The third-order valence-electron chi connectivity index (χ3n) is 4.20. The molecule has 7 heteroatoms. The third kappa shape index (κ3) is 3.47. The maximum Gasteiger partial charge on any atom is 0.413 e. The first-order valence-corrected chi connectivity index (χ1v) is 6.85. The Morgan fingerprint density at radius 3 is 2.35 bits per heavy atom. The number of hydrogen-bond donors (Lipinski definition) is 2. The molecule has 0 radical (unpaired) electrons. The molecule has 2 rings (SSSR count). The Hall–Kier alpha value is -1.63. The average Bonchev–Trinajstić information content (AvgIpc) is 2.60. The lowest BCUT2D eigenvalue weighted by atomic mass is 9.88. The number of carbonyl (C=O) groups excluding carboxylic acids is 2. The minimum atomic E-state index is -0.758. The quantitative estimate of drug-likeness (QED) is 0.784. The molecule has 2 amide bonds. The van der Waals surface area contributed by atoms with E-state index in [1.165, 1.54) is 7.11 Å². The largest absolute Gasteiger partial charge is 0.481 e. The van der Waals surface area contributed by atoms with Crippen molar-refractivity contribution in [2.45, 2.75) is 44.2 Å². The number of carbonyl (C=O) groups is 3. The predicted octanol–water partition coefficient (Wildman–Crippen LogP) is 0.587.